The number of phenols is 1. The van der Waals surface area contributed by atoms with E-state index >= 15 is 0 Å². The molecule has 1 aromatic heterocycles. The lowest BCUT2D eigenvalue weighted by atomic mass is 9.99. The zero-order valence-corrected chi connectivity index (χ0v) is 8.36. The van der Waals surface area contributed by atoms with E-state index in [0.29, 0.717) is 11.7 Å². The molecule has 0 unspecified atom stereocenters. The van der Waals surface area contributed by atoms with E-state index in [2.05, 4.69) is 18.8 Å². The average Bonchev–Trinajstić information content (AvgIpc) is 2.16. The van der Waals surface area contributed by atoms with Gasteiger partial charge in [0.15, 0.2) is 0 Å². The summed E-state index contributed by atoms with van der Waals surface area (Å²) >= 11 is 0. The second-order valence-electron chi connectivity index (χ2n) is 3.76. The van der Waals surface area contributed by atoms with E-state index in [0.717, 1.165) is 16.5 Å². The normalized spacial score (nSPS) is 11.1. The molecule has 0 aliphatic carbocycles. The maximum absolute atomic E-state index is 9.53. The Morgan fingerprint density at radius 1 is 1.29 bits per heavy atom. The molecule has 2 rings (SSSR count). The fourth-order valence-corrected chi connectivity index (χ4v) is 1.64. The molecule has 2 nitrogen and oxygen atoms in total. The predicted octanol–water partition coefficient (Wildman–Crippen LogP) is 3.06. The Morgan fingerprint density at radius 3 is 2.79 bits per heavy atom. The Morgan fingerprint density at radius 2 is 2.07 bits per heavy atom. The van der Waals surface area contributed by atoms with Gasteiger partial charge in [0, 0.05) is 11.6 Å². The quantitative estimate of drug-likeness (QED) is 0.744. The Hall–Kier alpha value is -1.57. The maximum Gasteiger partial charge on any atom is 0.116 e. The zero-order chi connectivity index (χ0) is 10.1. The summed E-state index contributed by atoms with van der Waals surface area (Å²) in [5.41, 5.74) is 2.08. The van der Waals surface area contributed by atoms with Gasteiger partial charge < -0.3 is 5.11 Å². The number of aromatic nitrogens is 1. The number of aromatic hydroxyl groups is 1. The van der Waals surface area contributed by atoms with Crippen LogP contribution in [0.25, 0.3) is 10.9 Å². The van der Waals surface area contributed by atoms with Gasteiger partial charge in [0.25, 0.3) is 0 Å². The molecule has 0 bridgehead atoms. The van der Waals surface area contributed by atoms with Crippen molar-refractivity contribution in [2.75, 3.05) is 0 Å². The smallest absolute Gasteiger partial charge is 0.116 e. The Kier molecular flexibility index (Phi) is 2.12. The lowest BCUT2D eigenvalue weighted by Crippen LogP contribution is -1.91. The van der Waals surface area contributed by atoms with Crippen molar-refractivity contribution < 1.29 is 5.11 Å². The fourth-order valence-electron chi connectivity index (χ4n) is 1.64. The van der Waals surface area contributed by atoms with Crippen LogP contribution in [0.15, 0.2) is 30.5 Å². The van der Waals surface area contributed by atoms with Crippen LogP contribution in [-0.2, 0) is 0 Å². The molecule has 0 spiro atoms. The maximum atomic E-state index is 9.53. The molecule has 0 amide bonds. The first-order valence-corrected chi connectivity index (χ1v) is 4.76. The van der Waals surface area contributed by atoms with Gasteiger partial charge in [-0.25, -0.2) is 0 Å². The molecule has 2 heteroatoms. The molecule has 72 valence electrons. The minimum Gasteiger partial charge on any atom is -0.508 e. The first-order valence-electron chi connectivity index (χ1n) is 4.76. The van der Waals surface area contributed by atoms with E-state index in [-0.39, 0.29) is 0 Å². The van der Waals surface area contributed by atoms with Gasteiger partial charge in [-0.2, -0.15) is 0 Å². The van der Waals surface area contributed by atoms with E-state index in [4.69, 9.17) is 0 Å². The Bertz CT molecular complexity index is 463. The SMILES string of the molecule is CC(C)c1cc(O)cc2cccnc12. The van der Waals surface area contributed by atoms with Gasteiger partial charge in [0.2, 0.25) is 0 Å². The second kappa shape index (κ2) is 3.29. The third-order valence-electron chi connectivity index (χ3n) is 2.34. The number of phenolic OH excluding ortho intramolecular Hbond substituents is 1. The number of pyridine rings is 1. The van der Waals surface area contributed by atoms with Crippen LogP contribution in [0.2, 0.25) is 0 Å². The first kappa shape index (κ1) is 9.00. The van der Waals surface area contributed by atoms with Crippen molar-refractivity contribution in [2.24, 2.45) is 0 Å². The third-order valence-corrected chi connectivity index (χ3v) is 2.34. The molecule has 2 aromatic rings. The summed E-state index contributed by atoms with van der Waals surface area (Å²) in [5, 5.41) is 10.5. The van der Waals surface area contributed by atoms with Crippen LogP contribution in [0.3, 0.4) is 0 Å². The van der Waals surface area contributed by atoms with Crippen LogP contribution >= 0.6 is 0 Å². The molecule has 1 heterocycles. The molecule has 0 atom stereocenters. The number of fused-ring (bicyclic) bond motifs is 1. The highest BCUT2D eigenvalue weighted by Crippen LogP contribution is 2.27. The molecule has 0 aliphatic heterocycles. The first-order chi connectivity index (χ1) is 6.68. The fraction of sp³-hybridized carbons (Fsp3) is 0.250. The molecule has 0 radical (unpaired) electrons. The molecule has 0 fully saturated rings. The lowest BCUT2D eigenvalue weighted by molar-refractivity contribution is 0.475. The van der Waals surface area contributed by atoms with Crippen LogP contribution in [0.4, 0.5) is 0 Å². The molecule has 1 N–H and O–H groups in total. The molecule has 1 aromatic carbocycles. The standard InChI is InChI=1S/C12H13NO/c1-8(2)11-7-10(14)6-9-4-3-5-13-12(9)11/h3-8,14H,1-2H3. The second-order valence-corrected chi connectivity index (χ2v) is 3.76. The van der Waals surface area contributed by atoms with E-state index in [1.54, 1.807) is 18.3 Å². The van der Waals surface area contributed by atoms with Gasteiger partial charge in [-0.3, -0.25) is 4.98 Å². The number of hydrogen-bond acceptors (Lipinski definition) is 2. The molecule has 0 aliphatic rings. The zero-order valence-electron chi connectivity index (χ0n) is 8.36. The summed E-state index contributed by atoms with van der Waals surface area (Å²) in [7, 11) is 0. The summed E-state index contributed by atoms with van der Waals surface area (Å²) in [6, 6.07) is 7.38. The Labute approximate surface area is 83.2 Å². The van der Waals surface area contributed by atoms with Gasteiger partial charge in [-0.15, -0.1) is 0 Å². The van der Waals surface area contributed by atoms with Gasteiger partial charge >= 0.3 is 0 Å². The number of benzene rings is 1. The minimum absolute atomic E-state index is 0.314. The lowest BCUT2D eigenvalue weighted by Gasteiger charge is -2.09. The topological polar surface area (TPSA) is 33.1 Å². The van der Waals surface area contributed by atoms with Gasteiger partial charge in [-0.05, 0) is 29.7 Å². The summed E-state index contributed by atoms with van der Waals surface area (Å²) in [5.74, 6) is 0.689. The van der Waals surface area contributed by atoms with Crippen molar-refractivity contribution in [1.29, 1.82) is 0 Å². The van der Waals surface area contributed by atoms with Gasteiger partial charge in [0.1, 0.15) is 5.75 Å². The molecule has 0 saturated carbocycles. The molecular weight excluding hydrogens is 174 g/mol. The third kappa shape index (κ3) is 1.43. The predicted molar refractivity (Wildman–Crippen MR) is 57.5 cm³/mol. The highest BCUT2D eigenvalue weighted by Gasteiger charge is 2.07. The monoisotopic (exact) mass is 187 g/mol. The van der Waals surface area contributed by atoms with Crippen molar-refractivity contribution in [3.8, 4) is 5.75 Å². The van der Waals surface area contributed by atoms with Crippen molar-refractivity contribution in [3.63, 3.8) is 0 Å². The summed E-state index contributed by atoms with van der Waals surface area (Å²) in [6.07, 6.45) is 1.78. The van der Waals surface area contributed by atoms with Crippen LogP contribution in [0.5, 0.6) is 5.75 Å². The van der Waals surface area contributed by atoms with E-state index in [1.807, 2.05) is 12.1 Å². The van der Waals surface area contributed by atoms with E-state index < -0.39 is 0 Å². The van der Waals surface area contributed by atoms with Crippen LogP contribution in [0.1, 0.15) is 25.3 Å². The van der Waals surface area contributed by atoms with Crippen LogP contribution in [-0.4, -0.2) is 10.1 Å². The highest BCUT2D eigenvalue weighted by molar-refractivity contribution is 5.83. The molecular formula is C12H13NO. The van der Waals surface area contributed by atoms with Crippen LogP contribution < -0.4 is 0 Å². The van der Waals surface area contributed by atoms with Gasteiger partial charge in [-0.1, -0.05) is 19.9 Å². The molecule has 14 heavy (non-hydrogen) atoms. The number of hydrogen-bond donors (Lipinski definition) is 1. The summed E-state index contributed by atoms with van der Waals surface area (Å²) in [4.78, 5) is 4.33. The minimum atomic E-state index is 0.314. The number of nitrogens with zero attached hydrogens (tertiary/aromatic N) is 1. The average molecular weight is 187 g/mol. The van der Waals surface area contributed by atoms with Crippen molar-refractivity contribution in [3.05, 3.63) is 36.0 Å². The largest absolute Gasteiger partial charge is 0.508 e. The van der Waals surface area contributed by atoms with Crippen molar-refractivity contribution in [1.82, 2.24) is 4.98 Å². The highest BCUT2D eigenvalue weighted by atomic mass is 16.3. The number of rotatable bonds is 1. The molecule has 0 saturated heterocycles. The Balaban J connectivity index is 2.80. The van der Waals surface area contributed by atoms with Crippen molar-refractivity contribution >= 4 is 10.9 Å². The summed E-state index contributed by atoms with van der Waals surface area (Å²) < 4.78 is 0. The van der Waals surface area contributed by atoms with Crippen molar-refractivity contribution in [2.45, 2.75) is 19.8 Å². The van der Waals surface area contributed by atoms with Crippen LogP contribution in [0, 0.1) is 0 Å². The van der Waals surface area contributed by atoms with E-state index in [1.165, 1.54) is 0 Å². The summed E-state index contributed by atoms with van der Waals surface area (Å²) in [6.45, 7) is 4.20. The van der Waals surface area contributed by atoms with Gasteiger partial charge in [0.05, 0.1) is 5.52 Å². The van der Waals surface area contributed by atoms with E-state index in [9.17, 15) is 5.11 Å².